The minimum absolute atomic E-state index is 0.0952. The third kappa shape index (κ3) is 22.1. The van der Waals surface area contributed by atoms with E-state index >= 15 is 0 Å². The molecule has 0 fully saturated rings. The molecule has 2 unspecified atom stereocenters. The van der Waals surface area contributed by atoms with Crippen LogP contribution in [0.1, 0.15) is 113 Å². The molecule has 0 heterocycles. The van der Waals surface area contributed by atoms with E-state index in [1.54, 1.807) is 0 Å². The molecule has 2 amide bonds. The van der Waals surface area contributed by atoms with Gasteiger partial charge in [0.2, 0.25) is 11.8 Å². The van der Waals surface area contributed by atoms with Gasteiger partial charge < -0.3 is 15.4 Å². The summed E-state index contributed by atoms with van der Waals surface area (Å²) in [5.41, 5.74) is 0.424. The quantitative estimate of drug-likeness (QED) is 0.231. The molecule has 0 radical (unpaired) electrons. The smallest absolute Gasteiger partial charge is 0.220 e. The molecule has 5 nitrogen and oxygen atoms in total. The van der Waals surface area contributed by atoms with Gasteiger partial charge in [0.25, 0.3) is 0 Å². The van der Waals surface area contributed by atoms with Crippen LogP contribution in [0.25, 0.3) is 0 Å². The molecule has 0 aromatic carbocycles. The summed E-state index contributed by atoms with van der Waals surface area (Å²) in [6, 6.07) is 0. The van der Waals surface area contributed by atoms with Gasteiger partial charge in [0.15, 0.2) is 0 Å². The lowest BCUT2D eigenvalue weighted by Gasteiger charge is -2.17. The van der Waals surface area contributed by atoms with Crippen molar-refractivity contribution in [2.45, 2.75) is 113 Å². The van der Waals surface area contributed by atoms with Crippen molar-refractivity contribution in [1.29, 1.82) is 0 Å². The van der Waals surface area contributed by atoms with Crippen molar-refractivity contribution in [3.8, 4) is 0 Å². The maximum Gasteiger partial charge on any atom is 0.220 e. The standard InChI is InChI=1S/C27H54N2O3/c1-22(2)14-18-32-19-17-29-26(31)21-24(4)13-12-23(3)20-25(30)28-16-11-9-8-10-15-27(5,6)7/h22-24H,8-21H2,1-7H3,(H,28,30)(H,29,31). The minimum atomic E-state index is 0.0952. The number of rotatable bonds is 19. The van der Waals surface area contributed by atoms with Crippen LogP contribution >= 0.6 is 0 Å². The Morgan fingerprint density at radius 3 is 1.78 bits per heavy atom. The predicted octanol–water partition coefficient (Wildman–Crippen LogP) is 6.11. The molecule has 32 heavy (non-hydrogen) atoms. The monoisotopic (exact) mass is 454 g/mol. The van der Waals surface area contributed by atoms with E-state index in [0.717, 1.165) is 38.8 Å². The number of nitrogens with one attached hydrogen (secondary N) is 2. The van der Waals surface area contributed by atoms with E-state index in [4.69, 9.17) is 4.74 Å². The van der Waals surface area contributed by atoms with Crippen LogP contribution in [-0.2, 0) is 14.3 Å². The van der Waals surface area contributed by atoms with Gasteiger partial charge >= 0.3 is 0 Å². The minimum Gasteiger partial charge on any atom is -0.380 e. The maximum atomic E-state index is 12.1. The van der Waals surface area contributed by atoms with E-state index in [1.165, 1.54) is 25.7 Å². The zero-order valence-electron chi connectivity index (χ0n) is 22.4. The zero-order chi connectivity index (χ0) is 24.4. The number of hydrogen-bond acceptors (Lipinski definition) is 3. The number of carbonyl (C=O) groups is 2. The van der Waals surface area contributed by atoms with Crippen LogP contribution in [0, 0.1) is 23.2 Å². The fourth-order valence-corrected chi connectivity index (χ4v) is 3.60. The van der Waals surface area contributed by atoms with Gasteiger partial charge in [0, 0.05) is 32.5 Å². The molecule has 0 aromatic rings. The Balaban J connectivity index is 3.68. The molecule has 0 bridgehead atoms. The maximum absolute atomic E-state index is 12.1. The molecular formula is C27H54N2O3. The van der Waals surface area contributed by atoms with Gasteiger partial charge in [0.05, 0.1) is 6.61 Å². The first kappa shape index (κ1) is 30.9. The summed E-state index contributed by atoms with van der Waals surface area (Å²) in [6.07, 6.45) is 10.2. The fourth-order valence-electron chi connectivity index (χ4n) is 3.60. The van der Waals surface area contributed by atoms with Crippen LogP contribution in [0.2, 0.25) is 0 Å². The first-order valence-electron chi connectivity index (χ1n) is 13.1. The molecule has 0 aromatic heterocycles. The molecule has 0 aliphatic rings. The Labute approximate surface area is 199 Å². The molecule has 0 spiro atoms. The van der Waals surface area contributed by atoms with Crippen LogP contribution in [0.3, 0.4) is 0 Å². The Hall–Kier alpha value is -1.10. The number of hydrogen-bond donors (Lipinski definition) is 2. The van der Waals surface area contributed by atoms with E-state index < -0.39 is 0 Å². The molecule has 0 saturated heterocycles. The fraction of sp³-hybridized carbons (Fsp3) is 0.926. The third-order valence-electron chi connectivity index (χ3n) is 5.80. The highest BCUT2D eigenvalue weighted by Crippen LogP contribution is 2.22. The lowest BCUT2D eigenvalue weighted by molar-refractivity contribution is -0.123. The molecule has 0 saturated carbocycles. The highest BCUT2D eigenvalue weighted by Gasteiger charge is 2.13. The number of unbranched alkanes of at least 4 members (excludes halogenated alkanes) is 3. The van der Waals surface area contributed by atoms with Gasteiger partial charge in [0.1, 0.15) is 0 Å². The Kier molecular flexibility index (Phi) is 17.7. The van der Waals surface area contributed by atoms with Crippen molar-refractivity contribution >= 4 is 11.8 Å². The second kappa shape index (κ2) is 18.3. The summed E-state index contributed by atoms with van der Waals surface area (Å²) >= 11 is 0. The van der Waals surface area contributed by atoms with E-state index in [0.29, 0.717) is 49.2 Å². The van der Waals surface area contributed by atoms with Crippen LogP contribution in [0.4, 0.5) is 0 Å². The van der Waals surface area contributed by atoms with Crippen molar-refractivity contribution in [3.63, 3.8) is 0 Å². The van der Waals surface area contributed by atoms with Crippen LogP contribution < -0.4 is 10.6 Å². The molecule has 2 atom stereocenters. The lowest BCUT2D eigenvalue weighted by Crippen LogP contribution is -2.29. The lowest BCUT2D eigenvalue weighted by atomic mass is 9.89. The largest absolute Gasteiger partial charge is 0.380 e. The van der Waals surface area contributed by atoms with Crippen LogP contribution in [0.15, 0.2) is 0 Å². The van der Waals surface area contributed by atoms with E-state index in [9.17, 15) is 9.59 Å². The topological polar surface area (TPSA) is 67.4 Å². The van der Waals surface area contributed by atoms with Crippen molar-refractivity contribution in [2.24, 2.45) is 23.2 Å². The van der Waals surface area contributed by atoms with Crippen molar-refractivity contribution < 1.29 is 14.3 Å². The average Bonchev–Trinajstić information content (AvgIpc) is 2.67. The number of amides is 2. The number of carbonyl (C=O) groups excluding carboxylic acids is 2. The molecule has 5 heteroatoms. The first-order valence-corrected chi connectivity index (χ1v) is 13.1. The van der Waals surface area contributed by atoms with Crippen molar-refractivity contribution in [2.75, 3.05) is 26.3 Å². The van der Waals surface area contributed by atoms with Gasteiger partial charge in [-0.1, -0.05) is 67.7 Å². The highest BCUT2D eigenvalue weighted by atomic mass is 16.5. The first-order chi connectivity index (χ1) is 15.0. The molecular weight excluding hydrogens is 400 g/mol. The third-order valence-corrected chi connectivity index (χ3v) is 5.80. The van der Waals surface area contributed by atoms with Gasteiger partial charge in [-0.2, -0.15) is 0 Å². The molecule has 0 rings (SSSR count). The Morgan fingerprint density at radius 2 is 1.25 bits per heavy atom. The normalized spacial score (nSPS) is 13.8. The molecule has 0 aliphatic heterocycles. The Bertz CT molecular complexity index is 486. The van der Waals surface area contributed by atoms with Gasteiger partial charge in [-0.25, -0.2) is 0 Å². The molecule has 2 N–H and O–H groups in total. The van der Waals surface area contributed by atoms with E-state index in [-0.39, 0.29) is 11.8 Å². The summed E-state index contributed by atoms with van der Waals surface area (Å²) in [4.78, 5) is 24.2. The molecule has 0 aliphatic carbocycles. The van der Waals surface area contributed by atoms with E-state index in [1.807, 2.05) is 0 Å². The van der Waals surface area contributed by atoms with Gasteiger partial charge in [-0.15, -0.1) is 0 Å². The second-order valence-electron chi connectivity index (χ2n) is 11.4. The predicted molar refractivity (Wildman–Crippen MR) is 136 cm³/mol. The second-order valence-corrected chi connectivity index (χ2v) is 11.4. The Morgan fingerprint density at radius 1 is 0.719 bits per heavy atom. The van der Waals surface area contributed by atoms with E-state index in [2.05, 4.69) is 59.1 Å². The van der Waals surface area contributed by atoms with Crippen LogP contribution in [0.5, 0.6) is 0 Å². The number of ether oxygens (including phenoxy) is 1. The summed E-state index contributed by atoms with van der Waals surface area (Å²) in [6.45, 7) is 18.2. The average molecular weight is 455 g/mol. The molecule has 190 valence electrons. The van der Waals surface area contributed by atoms with Crippen molar-refractivity contribution in [1.82, 2.24) is 10.6 Å². The highest BCUT2D eigenvalue weighted by molar-refractivity contribution is 5.76. The zero-order valence-corrected chi connectivity index (χ0v) is 22.4. The van der Waals surface area contributed by atoms with Crippen molar-refractivity contribution in [3.05, 3.63) is 0 Å². The van der Waals surface area contributed by atoms with Crippen LogP contribution in [-0.4, -0.2) is 38.1 Å². The summed E-state index contributed by atoms with van der Waals surface area (Å²) < 4.78 is 5.53. The summed E-state index contributed by atoms with van der Waals surface area (Å²) in [5, 5.41) is 6.01. The SMILES string of the molecule is CC(C)CCOCCNC(=O)CC(C)CCC(C)CC(=O)NCCCCCCC(C)(C)C. The summed E-state index contributed by atoms with van der Waals surface area (Å²) in [7, 11) is 0. The van der Waals surface area contributed by atoms with Gasteiger partial charge in [-0.05, 0) is 55.3 Å². The van der Waals surface area contributed by atoms with Gasteiger partial charge in [-0.3, -0.25) is 9.59 Å². The summed E-state index contributed by atoms with van der Waals surface area (Å²) in [5.74, 6) is 1.58.